The zero-order chi connectivity index (χ0) is 11.8. The van der Waals surface area contributed by atoms with E-state index in [1.54, 1.807) is 29.0 Å². The second kappa shape index (κ2) is 3.59. The van der Waals surface area contributed by atoms with E-state index in [0.717, 1.165) is 11.3 Å². The molecule has 0 saturated carbocycles. The van der Waals surface area contributed by atoms with Crippen LogP contribution in [0.2, 0.25) is 0 Å². The lowest BCUT2D eigenvalue weighted by Crippen LogP contribution is -1.85. The van der Waals surface area contributed by atoms with Crippen molar-refractivity contribution in [1.82, 2.24) is 9.38 Å². The summed E-state index contributed by atoms with van der Waals surface area (Å²) in [5.74, 6) is 0.228. The molecule has 0 aliphatic carbocycles. The average molecular weight is 228 g/mol. The van der Waals surface area contributed by atoms with Gasteiger partial charge in [-0.05, 0) is 23.8 Å². The second-order valence-electron chi connectivity index (χ2n) is 3.65. The maximum Gasteiger partial charge on any atom is 0.306 e. The highest BCUT2D eigenvalue weighted by Crippen LogP contribution is 2.25. The lowest BCUT2D eigenvalue weighted by atomic mass is 10.1. The van der Waals surface area contributed by atoms with Crippen LogP contribution in [0, 0.1) is 5.82 Å². The summed E-state index contributed by atoms with van der Waals surface area (Å²) in [5.41, 5.74) is 2.28. The minimum atomic E-state index is -0.286. The molecule has 0 radical (unpaired) electrons. The fourth-order valence-electron chi connectivity index (χ4n) is 1.79. The summed E-state index contributed by atoms with van der Waals surface area (Å²) in [6.07, 6.45) is 6.77. The van der Waals surface area contributed by atoms with Gasteiger partial charge in [-0.3, -0.25) is 4.40 Å². The number of fused-ring (bicyclic) bond motifs is 1. The van der Waals surface area contributed by atoms with Gasteiger partial charge < -0.3 is 4.42 Å². The van der Waals surface area contributed by atoms with Gasteiger partial charge in [0.15, 0.2) is 0 Å². The van der Waals surface area contributed by atoms with Gasteiger partial charge in [0.1, 0.15) is 12.1 Å². The Hall–Kier alpha value is -2.36. The topological polar surface area (TPSA) is 30.4 Å². The Labute approximate surface area is 96.8 Å². The predicted molar refractivity (Wildman–Crippen MR) is 62.9 cm³/mol. The van der Waals surface area contributed by atoms with Crippen molar-refractivity contribution >= 4 is 11.9 Å². The number of hydrogen-bond donors (Lipinski definition) is 0. The molecule has 1 aromatic carbocycles. The van der Waals surface area contributed by atoms with Crippen molar-refractivity contribution in [2.24, 2.45) is 0 Å². The summed E-state index contributed by atoms with van der Waals surface area (Å²) in [5, 5.41) is 0. The zero-order valence-corrected chi connectivity index (χ0v) is 8.93. The molecular weight excluding hydrogens is 219 g/mol. The first kappa shape index (κ1) is 9.84. The Morgan fingerprint density at radius 3 is 3.06 bits per heavy atom. The Morgan fingerprint density at radius 1 is 1.41 bits per heavy atom. The molecule has 0 N–H and O–H groups in total. The lowest BCUT2D eigenvalue weighted by molar-refractivity contribution is 0.596. The largest absolute Gasteiger partial charge is 0.432 e. The van der Waals surface area contributed by atoms with Gasteiger partial charge in [-0.1, -0.05) is 12.7 Å². The van der Waals surface area contributed by atoms with Crippen LogP contribution in [-0.2, 0) is 0 Å². The third-order valence-corrected chi connectivity index (χ3v) is 2.60. The molecule has 17 heavy (non-hydrogen) atoms. The van der Waals surface area contributed by atoms with Crippen LogP contribution in [0.15, 0.2) is 47.9 Å². The van der Waals surface area contributed by atoms with Gasteiger partial charge >= 0.3 is 5.84 Å². The maximum atomic E-state index is 13.1. The zero-order valence-electron chi connectivity index (χ0n) is 8.93. The normalized spacial score (nSPS) is 10.9. The van der Waals surface area contributed by atoms with Crippen LogP contribution in [-0.4, -0.2) is 9.38 Å². The fraction of sp³-hybridized carbons (Fsp3) is 0. The van der Waals surface area contributed by atoms with Crippen molar-refractivity contribution in [2.75, 3.05) is 0 Å². The highest BCUT2D eigenvalue weighted by atomic mass is 19.1. The smallest absolute Gasteiger partial charge is 0.306 e. The van der Waals surface area contributed by atoms with E-state index in [1.165, 1.54) is 12.1 Å². The molecule has 0 aliphatic heterocycles. The molecule has 2 aromatic heterocycles. The lowest BCUT2D eigenvalue weighted by Gasteiger charge is -2.02. The Bertz CT molecular complexity index is 668. The number of imidazole rings is 1. The number of hydrogen-bond acceptors (Lipinski definition) is 2. The van der Waals surface area contributed by atoms with Crippen molar-refractivity contribution < 1.29 is 8.81 Å². The summed E-state index contributed by atoms with van der Waals surface area (Å²) < 4.78 is 20.0. The first-order valence-electron chi connectivity index (χ1n) is 5.12. The number of oxazole rings is 1. The van der Waals surface area contributed by atoms with E-state index in [-0.39, 0.29) is 5.82 Å². The van der Waals surface area contributed by atoms with Crippen molar-refractivity contribution in [2.45, 2.75) is 0 Å². The molecule has 84 valence electrons. The molecule has 3 nitrogen and oxygen atoms in total. The van der Waals surface area contributed by atoms with Gasteiger partial charge in [-0.2, -0.15) is 4.98 Å². The van der Waals surface area contributed by atoms with Gasteiger partial charge in [-0.25, -0.2) is 4.39 Å². The van der Waals surface area contributed by atoms with Crippen molar-refractivity contribution in [3.8, 4) is 11.3 Å². The van der Waals surface area contributed by atoms with E-state index in [0.29, 0.717) is 11.4 Å². The fourth-order valence-corrected chi connectivity index (χ4v) is 1.79. The van der Waals surface area contributed by atoms with Gasteiger partial charge in [0.25, 0.3) is 0 Å². The molecular formula is C13H9FN2O. The maximum absolute atomic E-state index is 13.1. The standard InChI is InChI=1S/C13H9FN2O/c1-2-9-7-10(14)3-4-11(9)12-8-16-5-6-17-13(16)15-12/h2-8H,1H2. The second-order valence-corrected chi connectivity index (χ2v) is 3.65. The summed E-state index contributed by atoms with van der Waals surface area (Å²) in [7, 11) is 0. The molecule has 0 fully saturated rings. The van der Waals surface area contributed by atoms with E-state index in [1.807, 2.05) is 6.20 Å². The minimum Gasteiger partial charge on any atom is -0.432 e. The molecule has 0 aliphatic rings. The molecule has 3 aromatic rings. The SMILES string of the molecule is C=Cc1cc(F)ccc1-c1cn2ccoc2n1. The van der Waals surface area contributed by atoms with Crippen molar-refractivity contribution in [3.05, 3.63) is 54.8 Å². The van der Waals surface area contributed by atoms with Crippen molar-refractivity contribution in [3.63, 3.8) is 0 Å². The first-order chi connectivity index (χ1) is 8.28. The Morgan fingerprint density at radius 2 is 2.29 bits per heavy atom. The summed E-state index contributed by atoms with van der Waals surface area (Å²) >= 11 is 0. The van der Waals surface area contributed by atoms with Gasteiger partial charge in [0.05, 0.1) is 5.69 Å². The van der Waals surface area contributed by atoms with Crippen LogP contribution in [0.5, 0.6) is 0 Å². The van der Waals surface area contributed by atoms with Gasteiger partial charge in [0.2, 0.25) is 0 Å². The summed E-state index contributed by atoms with van der Waals surface area (Å²) in [6.45, 7) is 3.68. The van der Waals surface area contributed by atoms with Crippen LogP contribution < -0.4 is 0 Å². The number of benzene rings is 1. The first-order valence-corrected chi connectivity index (χ1v) is 5.12. The third kappa shape index (κ3) is 1.54. The summed E-state index contributed by atoms with van der Waals surface area (Å²) in [6, 6.07) is 4.53. The van der Waals surface area contributed by atoms with Gasteiger partial charge in [-0.15, -0.1) is 0 Å². The van der Waals surface area contributed by atoms with Crippen LogP contribution >= 0.6 is 0 Å². The molecule has 0 amide bonds. The molecule has 0 bridgehead atoms. The molecule has 0 spiro atoms. The van der Waals surface area contributed by atoms with E-state index in [2.05, 4.69) is 11.6 Å². The number of aromatic nitrogens is 2. The van der Waals surface area contributed by atoms with Gasteiger partial charge in [0, 0.05) is 18.0 Å². The molecule has 0 atom stereocenters. The van der Waals surface area contributed by atoms with E-state index in [4.69, 9.17) is 4.42 Å². The molecule has 4 heteroatoms. The summed E-state index contributed by atoms with van der Waals surface area (Å²) in [4.78, 5) is 4.31. The number of rotatable bonds is 2. The van der Waals surface area contributed by atoms with Crippen LogP contribution in [0.1, 0.15) is 5.56 Å². The average Bonchev–Trinajstić information content (AvgIpc) is 2.89. The van der Waals surface area contributed by atoms with E-state index in [9.17, 15) is 4.39 Å². The molecule has 0 saturated heterocycles. The number of nitrogens with zero attached hydrogens (tertiary/aromatic N) is 2. The predicted octanol–water partition coefficient (Wildman–Crippen LogP) is 3.38. The highest BCUT2D eigenvalue weighted by molar-refractivity contribution is 5.73. The van der Waals surface area contributed by atoms with E-state index >= 15 is 0 Å². The van der Waals surface area contributed by atoms with Crippen molar-refractivity contribution in [1.29, 1.82) is 0 Å². The highest BCUT2D eigenvalue weighted by Gasteiger charge is 2.09. The third-order valence-electron chi connectivity index (χ3n) is 2.60. The Kier molecular flexibility index (Phi) is 2.08. The van der Waals surface area contributed by atoms with E-state index < -0.39 is 0 Å². The molecule has 3 rings (SSSR count). The monoisotopic (exact) mass is 228 g/mol. The molecule has 2 heterocycles. The molecule has 0 unspecified atom stereocenters. The minimum absolute atomic E-state index is 0.286. The van der Waals surface area contributed by atoms with Crippen LogP contribution in [0.25, 0.3) is 23.2 Å². The quantitative estimate of drug-likeness (QED) is 0.673. The van der Waals surface area contributed by atoms with Crippen LogP contribution in [0.3, 0.4) is 0 Å². The Balaban J connectivity index is 2.21. The van der Waals surface area contributed by atoms with Crippen LogP contribution in [0.4, 0.5) is 4.39 Å². The number of halogens is 1.